The van der Waals surface area contributed by atoms with E-state index in [2.05, 4.69) is 20.6 Å². The number of benzene rings is 1. The molecule has 21 heavy (non-hydrogen) atoms. The Hall–Kier alpha value is -2.69. The first-order chi connectivity index (χ1) is 10.4. The molecule has 0 spiro atoms. The van der Waals surface area contributed by atoms with Gasteiger partial charge in [-0.05, 0) is 43.2 Å². The zero-order chi connectivity index (χ0) is 14.1. The van der Waals surface area contributed by atoms with Crippen molar-refractivity contribution in [3.05, 3.63) is 54.9 Å². The maximum Gasteiger partial charge on any atom is 0.148 e. The van der Waals surface area contributed by atoms with Gasteiger partial charge in [-0.3, -0.25) is 0 Å². The molecule has 0 unspecified atom stereocenters. The van der Waals surface area contributed by atoms with Gasteiger partial charge in [-0.15, -0.1) is 10.2 Å². The molecule has 1 fully saturated rings. The molecule has 4 rings (SSSR count). The molecule has 0 bridgehead atoms. The van der Waals surface area contributed by atoms with Crippen molar-refractivity contribution in [1.82, 2.24) is 20.0 Å². The topological polar surface area (TPSA) is 55.6 Å². The number of nitrogens with zero attached hydrogens (tertiary/aromatic N) is 4. The van der Waals surface area contributed by atoms with Gasteiger partial charge < -0.3 is 5.32 Å². The van der Waals surface area contributed by atoms with Crippen molar-refractivity contribution in [2.45, 2.75) is 18.9 Å². The van der Waals surface area contributed by atoms with Crippen LogP contribution < -0.4 is 5.32 Å². The van der Waals surface area contributed by atoms with E-state index in [1.165, 1.54) is 12.8 Å². The van der Waals surface area contributed by atoms with Crippen LogP contribution in [0.4, 0.5) is 5.82 Å². The Balaban J connectivity index is 1.55. The largest absolute Gasteiger partial charge is 0.366 e. The predicted molar refractivity (Wildman–Crippen MR) is 81.2 cm³/mol. The molecular formula is C16H15N5. The summed E-state index contributed by atoms with van der Waals surface area (Å²) in [5.74, 6) is 0.856. The second-order valence-corrected chi connectivity index (χ2v) is 5.22. The maximum atomic E-state index is 4.29. The van der Waals surface area contributed by atoms with Crippen LogP contribution in [0.25, 0.3) is 16.9 Å². The molecular weight excluding hydrogens is 262 g/mol. The summed E-state index contributed by atoms with van der Waals surface area (Å²) >= 11 is 0. The number of anilines is 1. The molecule has 1 N–H and O–H groups in total. The van der Waals surface area contributed by atoms with E-state index < -0.39 is 0 Å². The highest BCUT2D eigenvalue weighted by Crippen LogP contribution is 2.24. The summed E-state index contributed by atoms with van der Waals surface area (Å²) in [6, 6.07) is 14.6. The second-order valence-electron chi connectivity index (χ2n) is 5.22. The molecule has 0 radical (unpaired) electrons. The molecule has 0 amide bonds. The molecule has 0 saturated heterocycles. The first kappa shape index (κ1) is 12.1. The smallest absolute Gasteiger partial charge is 0.148 e. The standard InChI is InChI=1S/C16H15N5/c1-10-17-21(11-1)14-6-2-12(3-7-14)15-8-9-16(20-19-15)18-13-4-5-13/h1-3,6-11,13H,4-5H2,(H,18,20). The summed E-state index contributed by atoms with van der Waals surface area (Å²) in [7, 11) is 0. The van der Waals surface area contributed by atoms with Gasteiger partial charge in [-0.1, -0.05) is 12.1 Å². The van der Waals surface area contributed by atoms with Crippen LogP contribution in [-0.4, -0.2) is 26.0 Å². The molecule has 5 nitrogen and oxygen atoms in total. The average molecular weight is 277 g/mol. The van der Waals surface area contributed by atoms with Gasteiger partial charge in [0, 0.05) is 24.0 Å². The van der Waals surface area contributed by atoms with Gasteiger partial charge in [0.2, 0.25) is 0 Å². The first-order valence-electron chi connectivity index (χ1n) is 7.09. The summed E-state index contributed by atoms with van der Waals surface area (Å²) in [6.07, 6.45) is 6.16. The zero-order valence-corrected chi connectivity index (χ0v) is 11.5. The van der Waals surface area contributed by atoms with Crippen molar-refractivity contribution in [1.29, 1.82) is 0 Å². The van der Waals surface area contributed by atoms with Crippen LogP contribution in [0.2, 0.25) is 0 Å². The van der Waals surface area contributed by atoms with E-state index in [9.17, 15) is 0 Å². The Morgan fingerprint density at radius 2 is 1.86 bits per heavy atom. The summed E-state index contributed by atoms with van der Waals surface area (Å²) in [4.78, 5) is 0. The summed E-state index contributed by atoms with van der Waals surface area (Å²) < 4.78 is 1.83. The van der Waals surface area contributed by atoms with E-state index in [-0.39, 0.29) is 0 Å². The van der Waals surface area contributed by atoms with Crippen LogP contribution >= 0.6 is 0 Å². The lowest BCUT2D eigenvalue weighted by Crippen LogP contribution is -2.03. The van der Waals surface area contributed by atoms with Crippen LogP contribution in [0.5, 0.6) is 0 Å². The van der Waals surface area contributed by atoms with E-state index in [4.69, 9.17) is 0 Å². The highest BCUT2D eigenvalue weighted by atomic mass is 15.3. The van der Waals surface area contributed by atoms with E-state index in [1.807, 2.05) is 53.3 Å². The van der Waals surface area contributed by atoms with Crippen molar-refractivity contribution in [2.24, 2.45) is 0 Å². The second kappa shape index (κ2) is 5.01. The number of hydrogen-bond donors (Lipinski definition) is 1. The summed E-state index contributed by atoms with van der Waals surface area (Å²) in [6.45, 7) is 0. The van der Waals surface area contributed by atoms with Crippen LogP contribution in [0.3, 0.4) is 0 Å². The van der Waals surface area contributed by atoms with Crippen LogP contribution in [0, 0.1) is 0 Å². The van der Waals surface area contributed by atoms with Gasteiger partial charge in [-0.25, -0.2) is 4.68 Å². The van der Waals surface area contributed by atoms with Crippen molar-refractivity contribution < 1.29 is 0 Å². The van der Waals surface area contributed by atoms with Crippen LogP contribution in [-0.2, 0) is 0 Å². The third kappa shape index (κ3) is 2.63. The average Bonchev–Trinajstić information content (AvgIpc) is 3.18. The Bertz CT molecular complexity index is 712. The Kier molecular flexibility index (Phi) is 2.88. The van der Waals surface area contributed by atoms with Crippen molar-refractivity contribution >= 4 is 5.82 Å². The van der Waals surface area contributed by atoms with E-state index in [0.717, 1.165) is 22.8 Å². The Labute approximate surface area is 122 Å². The first-order valence-corrected chi connectivity index (χ1v) is 7.09. The van der Waals surface area contributed by atoms with Crippen molar-refractivity contribution in [2.75, 3.05) is 5.32 Å². The van der Waals surface area contributed by atoms with Gasteiger partial charge in [0.15, 0.2) is 0 Å². The Morgan fingerprint density at radius 1 is 1.00 bits per heavy atom. The van der Waals surface area contributed by atoms with Crippen molar-refractivity contribution in [3.63, 3.8) is 0 Å². The Morgan fingerprint density at radius 3 is 2.48 bits per heavy atom. The lowest BCUT2D eigenvalue weighted by atomic mass is 10.1. The van der Waals surface area contributed by atoms with E-state index in [1.54, 1.807) is 6.20 Å². The molecule has 104 valence electrons. The highest BCUT2D eigenvalue weighted by Gasteiger charge is 2.21. The van der Waals surface area contributed by atoms with Gasteiger partial charge in [-0.2, -0.15) is 5.10 Å². The predicted octanol–water partition coefficient (Wildman–Crippen LogP) is 2.90. The van der Waals surface area contributed by atoms with E-state index >= 15 is 0 Å². The molecule has 1 aliphatic rings. The lowest BCUT2D eigenvalue weighted by molar-refractivity contribution is 0.880. The number of rotatable bonds is 4. The zero-order valence-electron chi connectivity index (χ0n) is 11.5. The molecule has 1 saturated carbocycles. The van der Waals surface area contributed by atoms with Crippen LogP contribution in [0.15, 0.2) is 54.9 Å². The molecule has 2 aromatic heterocycles. The fourth-order valence-electron chi connectivity index (χ4n) is 2.21. The lowest BCUT2D eigenvalue weighted by Gasteiger charge is -2.05. The van der Waals surface area contributed by atoms with Gasteiger partial charge in [0.1, 0.15) is 5.82 Å². The molecule has 1 aromatic carbocycles. The van der Waals surface area contributed by atoms with Gasteiger partial charge in [0.25, 0.3) is 0 Å². The number of aromatic nitrogens is 4. The minimum atomic E-state index is 0.596. The molecule has 5 heteroatoms. The van der Waals surface area contributed by atoms with Crippen molar-refractivity contribution in [3.8, 4) is 16.9 Å². The summed E-state index contributed by atoms with van der Waals surface area (Å²) in [5.41, 5.74) is 2.96. The van der Waals surface area contributed by atoms with E-state index in [0.29, 0.717) is 6.04 Å². The highest BCUT2D eigenvalue weighted by molar-refractivity contribution is 5.61. The fraction of sp³-hybridized carbons (Fsp3) is 0.188. The SMILES string of the molecule is c1cnn(-c2ccc(-c3ccc(NC4CC4)nn3)cc2)c1. The number of nitrogens with one attached hydrogen (secondary N) is 1. The molecule has 0 atom stereocenters. The summed E-state index contributed by atoms with van der Waals surface area (Å²) in [5, 5.41) is 16.1. The monoisotopic (exact) mass is 277 g/mol. The third-order valence-electron chi connectivity index (χ3n) is 3.53. The van der Waals surface area contributed by atoms with Crippen LogP contribution in [0.1, 0.15) is 12.8 Å². The quantitative estimate of drug-likeness (QED) is 0.796. The molecule has 0 aliphatic heterocycles. The third-order valence-corrected chi connectivity index (χ3v) is 3.53. The maximum absolute atomic E-state index is 4.29. The normalized spacial score (nSPS) is 14.1. The van der Waals surface area contributed by atoms with Gasteiger partial charge >= 0.3 is 0 Å². The molecule has 3 aromatic rings. The molecule has 2 heterocycles. The molecule has 1 aliphatic carbocycles. The minimum Gasteiger partial charge on any atom is -0.366 e. The number of hydrogen-bond acceptors (Lipinski definition) is 4. The van der Waals surface area contributed by atoms with Gasteiger partial charge in [0.05, 0.1) is 11.4 Å². The minimum absolute atomic E-state index is 0.596. The fourth-order valence-corrected chi connectivity index (χ4v) is 2.21.